The summed E-state index contributed by atoms with van der Waals surface area (Å²) in [5, 5.41) is 7.23. The lowest BCUT2D eigenvalue weighted by Crippen LogP contribution is -2.38. The standard InChI is InChI=1S/C22H17Cl2FN6O2/c1-28-19-18(20(32)29(2)22(28)33)30-11-17(12-6-8-13(25)9-7-12)27-31(21(30)26-19)10-14-15(23)4-3-5-16(14)24/h3-9H,10-11H2,1-2H3. The first-order valence-electron chi connectivity index (χ1n) is 9.96. The van der Waals surface area contributed by atoms with Crippen LogP contribution >= 0.6 is 23.2 Å². The summed E-state index contributed by atoms with van der Waals surface area (Å²) in [7, 11) is 2.98. The fourth-order valence-electron chi connectivity index (χ4n) is 3.88. The molecule has 5 rings (SSSR count). The number of nitrogens with zero attached hydrogens (tertiary/aromatic N) is 6. The number of benzene rings is 2. The number of imidazole rings is 1. The molecule has 33 heavy (non-hydrogen) atoms. The van der Waals surface area contributed by atoms with Crippen molar-refractivity contribution in [1.29, 1.82) is 0 Å². The van der Waals surface area contributed by atoms with Crippen LogP contribution in [0.5, 0.6) is 0 Å². The van der Waals surface area contributed by atoms with Crippen LogP contribution in [0.3, 0.4) is 0 Å². The number of anilines is 1. The van der Waals surface area contributed by atoms with Crippen LogP contribution in [0.25, 0.3) is 11.2 Å². The third-order valence-corrected chi connectivity index (χ3v) is 6.36. The topological polar surface area (TPSA) is 77.4 Å². The van der Waals surface area contributed by atoms with Crippen LogP contribution < -0.4 is 16.3 Å². The minimum Gasteiger partial charge on any atom is -0.297 e. The fourth-order valence-corrected chi connectivity index (χ4v) is 4.40. The highest BCUT2D eigenvalue weighted by Gasteiger charge is 2.28. The van der Waals surface area contributed by atoms with Gasteiger partial charge in [0, 0.05) is 29.7 Å². The van der Waals surface area contributed by atoms with Crippen LogP contribution in [0.2, 0.25) is 10.0 Å². The van der Waals surface area contributed by atoms with E-state index in [-0.39, 0.29) is 30.1 Å². The summed E-state index contributed by atoms with van der Waals surface area (Å²) in [6, 6.07) is 11.1. The van der Waals surface area contributed by atoms with Crippen molar-refractivity contribution in [2.75, 3.05) is 5.01 Å². The Kier molecular flexibility index (Phi) is 5.10. The minimum absolute atomic E-state index is 0.167. The van der Waals surface area contributed by atoms with Crippen molar-refractivity contribution < 1.29 is 4.39 Å². The molecule has 1 aliphatic heterocycles. The van der Waals surface area contributed by atoms with E-state index in [1.54, 1.807) is 47.0 Å². The van der Waals surface area contributed by atoms with Crippen LogP contribution in [0.1, 0.15) is 11.1 Å². The lowest BCUT2D eigenvalue weighted by Gasteiger charge is -2.26. The summed E-state index contributed by atoms with van der Waals surface area (Å²) in [5.41, 5.74) is 1.45. The number of fused-ring (bicyclic) bond motifs is 3. The van der Waals surface area contributed by atoms with Gasteiger partial charge in [-0.05, 0) is 29.8 Å². The van der Waals surface area contributed by atoms with Gasteiger partial charge in [0.1, 0.15) is 5.82 Å². The molecule has 11 heteroatoms. The molecule has 0 atom stereocenters. The first-order valence-corrected chi connectivity index (χ1v) is 10.7. The van der Waals surface area contributed by atoms with E-state index < -0.39 is 11.2 Å². The average molecular weight is 487 g/mol. The second kappa shape index (κ2) is 7.86. The maximum absolute atomic E-state index is 13.5. The van der Waals surface area contributed by atoms with Crippen LogP contribution in [0, 0.1) is 5.82 Å². The molecule has 0 aliphatic carbocycles. The largest absolute Gasteiger partial charge is 0.332 e. The van der Waals surface area contributed by atoms with Gasteiger partial charge in [-0.2, -0.15) is 10.1 Å². The van der Waals surface area contributed by atoms with Gasteiger partial charge in [0.2, 0.25) is 5.95 Å². The molecule has 168 valence electrons. The lowest BCUT2D eigenvalue weighted by atomic mass is 10.1. The Morgan fingerprint density at radius 3 is 2.33 bits per heavy atom. The quantitative estimate of drug-likeness (QED) is 0.445. The Balaban J connectivity index is 1.75. The molecule has 0 radical (unpaired) electrons. The highest BCUT2D eigenvalue weighted by Crippen LogP contribution is 2.31. The van der Waals surface area contributed by atoms with Gasteiger partial charge in [0.05, 0.1) is 18.8 Å². The van der Waals surface area contributed by atoms with E-state index in [1.165, 1.54) is 23.7 Å². The van der Waals surface area contributed by atoms with Crippen molar-refractivity contribution in [3.05, 3.63) is 90.3 Å². The number of halogens is 3. The SMILES string of the molecule is Cn1c(=O)c2c(nc3n2CC(c2ccc(F)cc2)=NN3Cc2c(Cl)cccc2Cl)n(C)c1=O. The van der Waals surface area contributed by atoms with E-state index in [0.717, 1.165) is 4.57 Å². The van der Waals surface area contributed by atoms with Crippen molar-refractivity contribution in [2.45, 2.75) is 13.1 Å². The van der Waals surface area contributed by atoms with Gasteiger partial charge in [-0.1, -0.05) is 41.4 Å². The zero-order valence-corrected chi connectivity index (χ0v) is 19.1. The summed E-state index contributed by atoms with van der Waals surface area (Å²) >= 11 is 12.8. The maximum atomic E-state index is 13.5. The molecule has 2 aromatic carbocycles. The van der Waals surface area contributed by atoms with E-state index >= 15 is 0 Å². The molecule has 0 saturated carbocycles. The molecular formula is C22H17Cl2FN6O2. The molecule has 0 amide bonds. The predicted octanol–water partition coefficient (Wildman–Crippen LogP) is 3.30. The fraction of sp³-hybridized carbons (Fsp3) is 0.182. The maximum Gasteiger partial charge on any atom is 0.332 e. The molecule has 2 aromatic heterocycles. The Morgan fingerprint density at radius 2 is 1.67 bits per heavy atom. The third-order valence-electron chi connectivity index (χ3n) is 5.66. The Bertz CT molecular complexity index is 1550. The van der Waals surface area contributed by atoms with Crippen LogP contribution in [0.4, 0.5) is 10.3 Å². The van der Waals surface area contributed by atoms with Gasteiger partial charge < -0.3 is 0 Å². The van der Waals surface area contributed by atoms with Crippen LogP contribution in [0.15, 0.2) is 57.2 Å². The third kappa shape index (κ3) is 3.44. The Labute approximate surface area is 196 Å². The van der Waals surface area contributed by atoms with Crippen molar-refractivity contribution in [3.8, 4) is 0 Å². The Morgan fingerprint density at radius 1 is 1.00 bits per heavy atom. The molecular weight excluding hydrogens is 470 g/mol. The second-order valence-electron chi connectivity index (χ2n) is 7.69. The van der Waals surface area contributed by atoms with Gasteiger partial charge >= 0.3 is 5.69 Å². The number of aromatic nitrogens is 4. The minimum atomic E-state index is -0.483. The van der Waals surface area contributed by atoms with E-state index in [1.807, 2.05) is 0 Å². The van der Waals surface area contributed by atoms with Gasteiger partial charge in [-0.3, -0.25) is 18.5 Å². The molecule has 1 aliphatic rings. The van der Waals surface area contributed by atoms with Gasteiger partial charge in [-0.15, -0.1) is 0 Å². The van der Waals surface area contributed by atoms with Gasteiger partial charge in [0.15, 0.2) is 11.2 Å². The van der Waals surface area contributed by atoms with Crippen LogP contribution in [-0.2, 0) is 27.2 Å². The summed E-state index contributed by atoms with van der Waals surface area (Å²) in [6.07, 6.45) is 0. The van der Waals surface area contributed by atoms with Gasteiger partial charge in [-0.25, -0.2) is 14.2 Å². The van der Waals surface area contributed by atoms with E-state index in [0.29, 0.717) is 32.8 Å². The average Bonchev–Trinajstić information content (AvgIpc) is 3.19. The first-order chi connectivity index (χ1) is 15.8. The summed E-state index contributed by atoms with van der Waals surface area (Å²) in [6.45, 7) is 0.373. The molecule has 0 fully saturated rings. The predicted molar refractivity (Wildman–Crippen MR) is 126 cm³/mol. The van der Waals surface area contributed by atoms with Crippen molar-refractivity contribution >= 4 is 46.0 Å². The molecule has 0 bridgehead atoms. The number of aryl methyl sites for hydroxylation is 1. The van der Waals surface area contributed by atoms with Gasteiger partial charge in [0.25, 0.3) is 5.56 Å². The normalized spacial score (nSPS) is 13.4. The molecule has 0 spiro atoms. The van der Waals surface area contributed by atoms with E-state index in [4.69, 9.17) is 28.3 Å². The van der Waals surface area contributed by atoms with Crippen molar-refractivity contribution in [1.82, 2.24) is 18.7 Å². The zero-order chi connectivity index (χ0) is 23.4. The molecule has 4 aromatic rings. The zero-order valence-electron chi connectivity index (χ0n) is 17.6. The second-order valence-corrected chi connectivity index (χ2v) is 8.50. The van der Waals surface area contributed by atoms with Crippen molar-refractivity contribution in [2.24, 2.45) is 19.2 Å². The van der Waals surface area contributed by atoms with Crippen molar-refractivity contribution in [3.63, 3.8) is 0 Å². The molecule has 0 unspecified atom stereocenters. The molecule has 8 nitrogen and oxygen atoms in total. The number of hydrogen-bond acceptors (Lipinski definition) is 5. The molecule has 3 heterocycles. The molecule has 0 N–H and O–H groups in total. The van der Waals surface area contributed by atoms with E-state index in [2.05, 4.69) is 4.98 Å². The number of hydrogen-bond donors (Lipinski definition) is 0. The highest BCUT2D eigenvalue weighted by molar-refractivity contribution is 6.36. The van der Waals surface area contributed by atoms with Crippen LogP contribution in [-0.4, -0.2) is 24.4 Å². The summed E-state index contributed by atoms with van der Waals surface area (Å²) in [5.74, 6) is -0.00217. The van der Waals surface area contributed by atoms with E-state index in [9.17, 15) is 14.0 Å². The lowest BCUT2D eigenvalue weighted by molar-refractivity contribution is 0.627. The number of rotatable bonds is 3. The summed E-state index contributed by atoms with van der Waals surface area (Å²) in [4.78, 5) is 30.1. The summed E-state index contributed by atoms with van der Waals surface area (Å²) < 4.78 is 17.6. The molecule has 0 saturated heterocycles. The smallest absolute Gasteiger partial charge is 0.297 e. The monoisotopic (exact) mass is 486 g/mol. The first kappa shape index (κ1) is 21.4. The number of hydrazone groups is 1. The Hall–Kier alpha value is -3.43. The highest BCUT2D eigenvalue weighted by atomic mass is 35.5.